The lowest BCUT2D eigenvalue weighted by molar-refractivity contribution is 0.467. The summed E-state index contributed by atoms with van der Waals surface area (Å²) in [5.74, 6) is -0.170. The molecule has 0 bridgehead atoms. The summed E-state index contributed by atoms with van der Waals surface area (Å²) in [6.45, 7) is 4.47. The fourth-order valence-electron chi connectivity index (χ4n) is 1.41. The van der Waals surface area contributed by atoms with Gasteiger partial charge in [0.05, 0.1) is 0 Å². The average molecular weight is 196 g/mol. The minimum absolute atomic E-state index is 0.00486. The lowest BCUT2D eigenvalue weighted by Gasteiger charge is -2.19. The van der Waals surface area contributed by atoms with E-state index in [-0.39, 0.29) is 17.9 Å². The van der Waals surface area contributed by atoms with Crippen molar-refractivity contribution in [3.8, 4) is 0 Å². The molecule has 2 atom stereocenters. The van der Waals surface area contributed by atoms with Crippen molar-refractivity contribution < 1.29 is 4.39 Å². The van der Waals surface area contributed by atoms with E-state index in [1.807, 2.05) is 19.9 Å². The predicted molar refractivity (Wildman–Crippen MR) is 56.5 cm³/mol. The third kappa shape index (κ3) is 2.79. The number of rotatable bonds is 4. The number of nitrogens with one attached hydrogen (secondary N) is 1. The Morgan fingerprint density at radius 2 is 2.00 bits per heavy atom. The van der Waals surface area contributed by atoms with Crippen molar-refractivity contribution in [1.29, 1.82) is 0 Å². The van der Waals surface area contributed by atoms with E-state index >= 15 is 0 Å². The maximum atomic E-state index is 13.3. The summed E-state index contributed by atoms with van der Waals surface area (Å²) in [4.78, 5) is 0. The van der Waals surface area contributed by atoms with Crippen LogP contribution in [0.3, 0.4) is 0 Å². The fraction of sp³-hybridized carbons (Fsp3) is 0.455. The number of hydrogen-bond donors (Lipinski definition) is 2. The second-order valence-corrected chi connectivity index (χ2v) is 3.55. The topological polar surface area (TPSA) is 38.0 Å². The molecular weight excluding hydrogens is 179 g/mol. The first kappa shape index (κ1) is 11.1. The van der Waals surface area contributed by atoms with E-state index in [1.54, 1.807) is 12.1 Å². The van der Waals surface area contributed by atoms with Gasteiger partial charge in [-0.05, 0) is 19.9 Å². The van der Waals surface area contributed by atoms with Gasteiger partial charge in [0.15, 0.2) is 0 Å². The average Bonchev–Trinajstić information content (AvgIpc) is 2.18. The van der Waals surface area contributed by atoms with E-state index in [9.17, 15) is 4.39 Å². The SMILES string of the molecule is CC(CN)NC(C)c1ccccc1F. The maximum Gasteiger partial charge on any atom is 0.127 e. The Hall–Kier alpha value is -0.930. The van der Waals surface area contributed by atoms with Crippen molar-refractivity contribution in [2.24, 2.45) is 5.73 Å². The van der Waals surface area contributed by atoms with Gasteiger partial charge in [0.2, 0.25) is 0 Å². The first-order valence-corrected chi connectivity index (χ1v) is 4.85. The molecule has 1 rings (SSSR count). The van der Waals surface area contributed by atoms with Gasteiger partial charge in [-0.15, -0.1) is 0 Å². The highest BCUT2D eigenvalue weighted by Gasteiger charge is 2.11. The van der Waals surface area contributed by atoms with Crippen LogP contribution in [0.5, 0.6) is 0 Å². The molecule has 0 radical (unpaired) electrons. The Morgan fingerprint density at radius 1 is 1.36 bits per heavy atom. The van der Waals surface area contributed by atoms with Gasteiger partial charge in [-0.1, -0.05) is 18.2 Å². The Labute approximate surface area is 84.3 Å². The molecule has 14 heavy (non-hydrogen) atoms. The van der Waals surface area contributed by atoms with Crippen LogP contribution in [-0.4, -0.2) is 12.6 Å². The minimum Gasteiger partial charge on any atom is -0.329 e. The molecule has 0 saturated carbocycles. The molecule has 1 aromatic carbocycles. The third-order valence-electron chi connectivity index (χ3n) is 2.26. The Bertz CT molecular complexity index is 288. The quantitative estimate of drug-likeness (QED) is 0.771. The van der Waals surface area contributed by atoms with Crippen LogP contribution in [0.2, 0.25) is 0 Å². The summed E-state index contributed by atoms with van der Waals surface area (Å²) in [7, 11) is 0. The van der Waals surface area contributed by atoms with Crippen LogP contribution in [-0.2, 0) is 0 Å². The van der Waals surface area contributed by atoms with Crippen LogP contribution >= 0.6 is 0 Å². The minimum atomic E-state index is -0.170. The van der Waals surface area contributed by atoms with Crippen molar-refractivity contribution in [1.82, 2.24) is 5.32 Å². The van der Waals surface area contributed by atoms with Gasteiger partial charge in [-0.2, -0.15) is 0 Å². The molecule has 0 fully saturated rings. The highest BCUT2D eigenvalue weighted by molar-refractivity contribution is 5.20. The van der Waals surface area contributed by atoms with Gasteiger partial charge in [-0.25, -0.2) is 4.39 Å². The van der Waals surface area contributed by atoms with Crippen molar-refractivity contribution in [3.05, 3.63) is 35.6 Å². The van der Waals surface area contributed by atoms with E-state index in [4.69, 9.17) is 5.73 Å². The Kier molecular flexibility index (Phi) is 4.04. The van der Waals surface area contributed by atoms with E-state index in [2.05, 4.69) is 5.32 Å². The largest absolute Gasteiger partial charge is 0.329 e. The molecule has 0 spiro atoms. The molecule has 1 aromatic rings. The van der Waals surface area contributed by atoms with Crippen molar-refractivity contribution >= 4 is 0 Å². The molecule has 0 aliphatic rings. The van der Waals surface area contributed by atoms with Crippen molar-refractivity contribution in [2.75, 3.05) is 6.54 Å². The zero-order chi connectivity index (χ0) is 10.6. The van der Waals surface area contributed by atoms with E-state index in [1.165, 1.54) is 6.07 Å². The zero-order valence-corrected chi connectivity index (χ0v) is 8.63. The van der Waals surface area contributed by atoms with Gasteiger partial charge in [0, 0.05) is 24.2 Å². The molecule has 0 aliphatic heterocycles. The number of nitrogens with two attached hydrogens (primary N) is 1. The van der Waals surface area contributed by atoms with E-state index in [0.29, 0.717) is 12.1 Å². The smallest absolute Gasteiger partial charge is 0.127 e. The van der Waals surface area contributed by atoms with Gasteiger partial charge < -0.3 is 11.1 Å². The summed E-state index contributed by atoms with van der Waals surface area (Å²) >= 11 is 0. The standard InChI is InChI=1S/C11H17FN2/c1-8(7-13)14-9(2)10-5-3-4-6-11(10)12/h3-6,8-9,14H,7,13H2,1-2H3. The number of hydrogen-bond acceptors (Lipinski definition) is 2. The molecule has 3 N–H and O–H groups in total. The van der Waals surface area contributed by atoms with Crippen LogP contribution in [0.25, 0.3) is 0 Å². The number of benzene rings is 1. The first-order chi connectivity index (χ1) is 6.65. The molecule has 2 nitrogen and oxygen atoms in total. The summed E-state index contributed by atoms with van der Waals surface area (Å²) in [6.07, 6.45) is 0. The molecule has 0 heterocycles. The summed E-state index contributed by atoms with van der Waals surface area (Å²) in [5, 5.41) is 3.22. The molecule has 3 heteroatoms. The van der Waals surface area contributed by atoms with Gasteiger partial charge in [-0.3, -0.25) is 0 Å². The van der Waals surface area contributed by atoms with Crippen LogP contribution in [0.15, 0.2) is 24.3 Å². The maximum absolute atomic E-state index is 13.3. The van der Waals surface area contributed by atoms with E-state index in [0.717, 1.165) is 0 Å². The molecular formula is C11H17FN2. The molecule has 78 valence electrons. The van der Waals surface area contributed by atoms with E-state index < -0.39 is 0 Å². The van der Waals surface area contributed by atoms with Crippen molar-refractivity contribution in [3.63, 3.8) is 0 Å². The molecule has 0 amide bonds. The highest BCUT2D eigenvalue weighted by atomic mass is 19.1. The van der Waals surface area contributed by atoms with Crippen LogP contribution in [0.1, 0.15) is 25.5 Å². The second kappa shape index (κ2) is 5.08. The lowest BCUT2D eigenvalue weighted by atomic mass is 10.1. The van der Waals surface area contributed by atoms with Gasteiger partial charge in [0.1, 0.15) is 5.82 Å². The highest BCUT2D eigenvalue weighted by Crippen LogP contribution is 2.16. The lowest BCUT2D eigenvalue weighted by Crippen LogP contribution is -2.35. The molecule has 0 aliphatic carbocycles. The Balaban J connectivity index is 2.69. The van der Waals surface area contributed by atoms with Gasteiger partial charge in [0.25, 0.3) is 0 Å². The van der Waals surface area contributed by atoms with Crippen LogP contribution in [0.4, 0.5) is 4.39 Å². The van der Waals surface area contributed by atoms with Crippen LogP contribution in [0, 0.1) is 5.82 Å². The third-order valence-corrected chi connectivity index (χ3v) is 2.26. The molecule has 0 aromatic heterocycles. The molecule has 0 saturated heterocycles. The zero-order valence-electron chi connectivity index (χ0n) is 8.63. The fourth-order valence-corrected chi connectivity index (χ4v) is 1.41. The predicted octanol–water partition coefficient (Wildman–Crippen LogP) is 1.82. The van der Waals surface area contributed by atoms with Crippen LogP contribution < -0.4 is 11.1 Å². The van der Waals surface area contributed by atoms with Gasteiger partial charge >= 0.3 is 0 Å². The summed E-state index contributed by atoms with van der Waals surface area (Å²) < 4.78 is 13.3. The van der Waals surface area contributed by atoms with Crippen molar-refractivity contribution in [2.45, 2.75) is 25.9 Å². The Morgan fingerprint density at radius 3 is 2.57 bits per heavy atom. The second-order valence-electron chi connectivity index (χ2n) is 3.55. The summed E-state index contributed by atoms with van der Waals surface area (Å²) in [6, 6.07) is 6.98. The monoisotopic (exact) mass is 196 g/mol. The first-order valence-electron chi connectivity index (χ1n) is 4.85. The molecule has 2 unspecified atom stereocenters. The number of halogens is 1. The normalized spacial score (nSPS) is 15.1. The summed E-state index contributed by atoms with van der Waals surface area (Å²) in [5.41, 5.74) is 6.17.